The number of hydrogen-bond donors (Lipinski definition) is 1. The quantitative estimate of drug-likeness (QED) is 0.926. The number of hydrogen-bond acceptors (Lipinski definition) is 4. The Bertz CT molecular complexity index is 793. The predicted octanol–water partition coefficient (Wildman–Crippen LogP) is 2.91. The van der Waals surface area contributed by atoms with Crippen LogP contribution in [0, 0.1) is 0 Å². The number of thioether (sulfide) groups is 1. The van der Waals surface area contributed by atoms with Crippen LogP contribution >= 0.6 is 11.8 Å². The van der Waals surface area contributed by atoms with E-state index in [0.29, 0.717) is 6.04 Å². The van der Waals surface area contributed by atoms with Gasteiger partial charge in [0.05, 0.1) is 28.1 Å². The molecule has 2 aromatic rings. The van der Waals surface area contributed by atoms with Crippen LogP contribution in [0.2, 0.25) is 0 Å². The molecule has 1 saturated carbocycles. The molecule has 1 aliphatic carbocycles. The average molecular weight is 317 g/mol. The molecule has 1 fully saturated rings. The lowest BCUT2D eigenvalue weighted by molar-refractivity contribution is 0.468. The Labute approximate surface area is 132 Å². The molecule has 1 N–H and O–H groups in total. The van der Waals surface area contributed by atoms with Gasteiger partial charge in [-0.1, -0.05) is 24.6 Å². The second kappa shape index (κ2) is 5.15. The fourth-order valence-electron chi connectivity index (χ4n) is 3.45. The molecule has 1 aliphatic heterocycles. The van der Waals surface area contributed by atoms with Gasteiger partial charge in [-0.15, -0.1) is 0 Å². The van der Waals surface area contributed by atoms with Crippen LogP contribution in [-0.4, -0.2) is 24.6 Å². The van der Waals surface area contributed by atoms with Gasteiger partial charge in [-0.2, -0.15) is 5.10 Å². The highest BCUT2D eigenvalue weighted by Crippen LogP contribution is 2.45. The zero-order valence-electron chi connectivity index (χ0n) is 12.7. The molecule has 0 radical (unpaired) electrons. The molecular formula is C15H19N5OS. The van der Waals surface area contributed by atoms with Crippen molar-refractivity contribution in [3.05, 3.63) is 33.9 Å². The minimum atomic E-state index is -0.0207. The van der Waals surface area contributed by atoms with Crippen molar-refractivity contribution in [2.75, 3.05) is 0 Å². The van der Waals surface area contributed by atoms with Gasteiger partial charge in [0.2, 0.25) is 0 Å². The van der Waals surface area contributed by atoms with Crippen LogP contribution in [-0.2, 0) is 7.05 Å². The van der Waals surface area contributed by atoms with Gasteiger partial charge in [-0.25, -0.2) is 4.99 Å². The van der Waals surface area contributed by atoms with Crippen molar-refractivity contribution in [1.82, 2.24) is 19.6 Å². The summed E-state index contributed by atoms with van der Waals surface area (Å²) in [7, 11) is 1.90. The lowest BCUT2D eigenvalue weighted by Crippen LogP contribution is -2.13. The third kappa shape index (κ3) is 2.15. The Hall–Kier alpha value is -1.76. The molecule has 3 heterocycles. The largest absolute Gasteiger partial charge is 0.275 e. The maximum Gasteiger partial charge on any atom is 0.271 e. The molecule has 4 rings (SSSR count). The Balaban J connectivity index is 1.85. The minimum Gasteiger partial charge on any atom is -0.275 e. The Morgan fingerprint density at radius 1 is 1.36 bits per heavy atom. The van der Waals surface area contributed by atoms with Gasteiger partial charge in [-0.3, -0.25) is 19.3 Å². The number of nitrogens with zero attached hydrogens (tertiary/aromatic N) is 4. The lowest BCUT2D eigenvalue weighted by Gasteiger charge is -2.21. The second-order valence-corrected chi connectivity index (χ2v) is 7.36. The maximum atomic E-state index is 12.6. The first-order chi connectivity index (χ1) is 10.6. The van der Waals surface area contributed by atoms with E-state index in [1.165, 1.54) is 12.8 Å². The van der Waals surface area contributed by atoms with Crippen LogP contribution in [0.4, 0.5) is 5.82 Å². The molecule has 7 heteroatoms. The van der Waals surface area contributed by atoms with Gasteiger partial charge >= 0.3 is 0 Å². The third-order valence-corrected chi connectivity index (χ3v) is 5.64. The van der Waals surface area contributed by atoms with Crippen molar-refractivity contribution in [2.45, 2.75) is 43.9 Å². The van der Waals surface area contributed by atoms with E-state index in [0.717, 1.165) is 34.8 Å². The van der Waals surface area contributed by atoms with Gasteiger partial charge < -0.3 is 0 Å². The highest BCUT2D eigenvalue weighted by atomic mass is 32.2. The van der Waals surface area contributed by atoms with Crippen LogP contribution in [0.3, 0.4) is 0 Å². The summed E-state index contributed by atoms with van der Waals surface area (Å²) in [5, 5.41) is 8.26. The average Bonchev–Trinajstić information content (AvgIpc) is 3.19. The first kappa shape index (κ1) is 13.9. The highest BCUT2D eigenvalue weighted by Gasteiger charge is 2.33. The third-order valence-electron chi connectivity index (χ3n) is 4.47. The van der Waals surface area contributed by atoms with Crippen molar-refractivity contribution in [3.8, 4) is 0 Å². The summed E-state index contributed by atoms with van der Waals surface area (Å²) in [6, 6.07) is 0.380. The van der Waals surface area contributed by atoms with Gasteiger partial charge in [0.1, 0.15) is 0 Å². The van der Waals surface area contributed by atoms with E-state index >= 15 is 0 Å². The normalized spacial score (nSPS) is 21.9. The van der Waals surface area contributed by atoms with Crippen molar-refractivity contribution in [2.24, 2.45) is 12.0 Å². The van der Waals surface area contributed by atoms with E-state index in [1.807, 2.05) is 31.0 Å². The van der Waals surface area contributed by atoms with Gasteiger partial charge in [0.15, 0.2) is 5.82 Å². The highest BCUT2D eigenvalue weighted by molar-refractivity contribution is 8.14. The van der Waals surface area contributed by atoms with Crippen molar-refractivity contribution < 1.29 is 0 Å². The number of aryl methyl sites for hydroxylation is 1. The zero-order chi connectivity index (χ0) is 15.3. The van der Waals surface area contributed by atoms with E-state index in [9.17, 15) is 4.79 Å². The molecule has 0 amide bonds. The van der Waals surface area contributed by atoms with Crippen molar-refractivity contribution >= 4 is 22.6 Å². The number of aromatic nitrogens is 4. The summed E-state index contributed by atoms with van der Waals surface area (Å²) in [6.45, 7) is 2.01. The molecule has 0 saturated heterocycles. The number of nitrogens with one attached hydrogen (secondary N) is 1. The molecule has 0 spiro atoms. The van der Waals surface area contributed by atoms with Gasteiger partial charge in [0, 0.05) is 18.8 Å². The van der Waals surface area contributed by atoms with E-state index in [-0.39, 0.29) is 10.8 Å². The number of rotatable bonds is 2. The fourth-order valence-corrected chi connectivity index (χ4v) is 4.51. The SMILES string of the molecule is CC1=Nc2c(c(=O)[nH]n2C2CCCC2)[C@@H](c2cnn(C)c2)S1. The molecule has 6 nitrogen and oxygen atoms in total. The monoisotopic (exact) mass is 317 g/mol. The molecule has 22 heavy (non-hydrogen) atoms. The van der Waals surface area contributed by atoms with Crippen LogP contribution in [0.1, 0.15) is 55.0 Å². The Kier molecular flexibility index (Phi) is 3.25. The van der Waals surface area contributed by atoms with E-state index in [1.54, 1.807) is 16.4 Å². The maximum absolute atomic E-state index is 12.6. The molecule has 1 atom stereocenters. The second-order valence-electron chi connectivity index (χ2n) is 6.06. The minimum absolute atomic E-state index is 0.0143. The first-order valence-corrected chi connectivity index (χ1v) is 8.56. The first-order valence-electron chi connectivity index (χ1n) is 7.68. The number of aliphatic imine (C=N–C) groups is 1. The fraction of sp³-hybridized carbons (Fsp3) is 0.533. The number of fused-ring (bicyclic) bond motifs is 1. The van der Waals surface area contributed by atoms with E-state index in [2.05, 4.69) is 15.2 Å². The molecule has 116 valence electrons. The Morgan fingerprint density at radius 3 is 2.82 bits per heavy atom. The van der Waals surface area contributed by atoms with Crippen molar-refractivity contribution in [1.29, 1.82) is 0 Å². The predicted molar refractivity (Wildman–Crippen MR) is 88.0 cm³/mol. The van der Waals surface area contributed by atoms with Crippen molar-refractivity contribution in [3.63, 3.8) is 0 Å². The summed E-state index contributed by atoms with van der Waals surface area (Å²) in [5.41, 5.74) is 1.81. The van der Waals surface area contributed by atoms with Crippen LogP contribution in [0.25, 0.3) is 0 Å². The smallest absolute Gasteiger partial charge is 0.271 e. The van der Waals surface area contributed by atoms with Crippen LogP contribution in [0.15, 0.2) is 22.2 Å². The molecule has 2 aromatic heterocycles. The van der Waals surface area contributed by atoms with Gasteiger partial charge in [0.25, 0.3) is 5.56 Å². The summed E-state index contributed by atoms with van der Waals surface area (Å²) >= 11 is 1.63. The van der Waals surface area contributed by atoms with E-state index < -0.39 is 0 Å². The molecule has 0 unspecified atom stereocenters. The number of H-pyrrole nitrogens is 1. The lowest BCUT2D eigenvalue weighted by atomic mass is 10.1. The van der Waals surface area contributed by atoms with Crippen LogP contribution < -0.4 is 5.56 Å². The number of aromatic amines is 1. The Morgan fingerprint density at radius 2 is 2.14 bits per heavy atom. The topological polar surface area (TPSA) is 68.0 Å². The summed E-state index contributed by atoms with van der Waals surface area (Å²) < 4.78 is 3.79. The van der Waals surface area contributed by atoms with E-state index in [4.69, 9.17) is 0 Å². The molecule has 0 bridgehead atoms. The van der Waals surface area contributed by atoms with Crippen LogP contribution in [0.5, 0.6) is 0 Å². The summed E-state index contributed by atoms with van der Waals surface area (Å²) in [5.74, 6) is 0.821. The summed E-state index contributed by atoms with van der Waals surface area (Å²) in [4.78, 5) is 17.2. The van der Waals surface area contributed by atoms with Gasteiger partial charge in [-0.05, 0) is 19.8 Å². The molecule has 2 aliphatic rings. The standard InChI is InChI=1S/C15H19N5OS/c1-9-17-14-12(13(22-9)10-7-16-19(2)8-10)15(21)18-20(14)11-5-3-4-6-11/h7-8,11,13H,3-6H2,1-2H3,(H,18,21)/t13-/m1/s1. The molecule has 0 aromatic carbocycles. The molecular weight excluding hydrogens is 298 g/mol. The summed E-state index contributed by atoms with van der Waals surface area (Å²) in [6.07, 6.45) is 8.51. The zero-order valence-corrected chi connectivity index (χ0v) is 13.6.